The van der Waals surface area contributed by atoms with Gasteiger partial charge in [0.15, 0.2) is 11.6 Å². The Morgan fingerprint density at radius 1 is 1.09 bits per heavy atom. The molecular formula is C25H21F3N4O2. The summed E-state index contributed by atoms with van der Waals surface area (Å²) < 4.78 is 46.7. The topological polar surface area (TPSA) is 79.9 Å². The molecule has 2 aliphatic rings. The van der Waals surface area contributed by atoms with Crippen LogP contribution in [0.2, 0.25) is 0 Å². The lowest BCUT2D eigenvalue weighted by atomic mass is 9.97. The summed E-state index contributed by atoms with van der Waals surface area (Å²) in [5, 5.41) is 3.38. The Balaban J connectivity index is 1.08. The van der Waals surface area contributed by atoms with Gasteiger partial charge in [0.1, 0.15) is 11.6 Å². The average molecular weight is 466 g/mol. The van der Waals surface area contributed by atoms with Crippen LogP contribution in [0.1, 0.15) is 19.8 Å². The van der Waals surface area contributed by atoms with Gasteiger partial charge < -0.3 is 9.72 Å². The molecule has 1 amide bonds. The molecule has 2 saturated carbocycles. The van der Waals surface area contributed by atoms with Crippen molar-refractivity contribution < 1.29 is 22.7 Å². The van der Waals surface area contributed by atoms with Crippen LogP contribution in [-0.4, -0.2) is 27.0 Å². The van der Waals surface area contributed by atoms with E-state index in [1.807, 2.05) is 6.92 Å². The molecule has 34 heavy (non-hydrogen) atoms. The van der Waals surface area contributed by atoms with E-state index in [-0.39, 0.29) is 41.1 Å². The summed E-state index contributed by atoms with van der Waals surface area (Å²) in [7, 11) is 0. The molecule has 4 aromatic rings. The van der Waals surface area contributed by atoms with Crippen molar-refractivity contribution in [1.29, 1.82) is 0 Å². The van der Waals surface area contributed by atoms with Crippen molar-refractivity contribution in [3.8, 4) is 5.75 Å². The minimum absolute atomic E-state index is 0.00976. The zero-order chi connectivity index (χ0) is 23.6. The Labute approximate surface area is 192 Å². The number of fused-ring (bicyclic) bond motifs is 3. The summed E-state index contributed by atoms with van der Waals surface area (Å²) in [6, 6.07) is 8.21. The van der Waals surface area contributed by atoms with Crippen LogP contribution in [0.25, 0.3) is 21.9 Å². The van der Waals surface area contributed by atoms with Crippen molar-refractivity contribution in [2.24, 2.45) is 23.7 Å². The van der Waals surface area contributed by atoms with Gasteiger partial charge in [-0.3, -0.25) is 15.1 Å². The minimum atomic E-state index is -0.988. The fourth-order valence-electron chi connectivity index (χ4n) is 5.52. The normalized spacial score (nSPS) is 24.2. The number of imidazole rings is 1. The second-order valence-electron chi connectivity index (χ2n) is 9.23. The van der Waals surface area contributed by atoms with Gasteiger partial charge >= 0.3 is 0 Å². The van der Waals surface area contributed by atoms with Gasteiger partial charge in [-0.05, 0) is 54.9 Å². The molecule has 2 aromatic carbocycles. The Kier molecular flexibility index (Phi) is 4.75. The molecule has 6 nitrogen and oxygen atoms in total. The summed E-state index contributed by atoms with van der Waals surface area (Å²) >= 11 is 0. The molecule has 0 radical (unpaired) electrons. The molecular weight excluding hydrogens is 445 g/mol. The molecule has 6 rings (SSSR count). The summed E-state index contributed by atoms with van der Waals surface area (Å²) in [5.74, 6) is -0.931. The zero-order valence-corrected chi connectivity index (χ0v) is 18.2. The Bertz CT molecular complexity index is 1390. The largest absolute Gasteiger partial charge is 0.490 e. The van der Waals surface area contributed by atoms with E-state index in [4.69, 9.17) is 4.74 Å². The van der Waals surface area contributed by atoms with Crippen LogP contribution in [-0.2, 0) is 4.79 Å². The number of carbonyl (C=O) groups excluding carboxylic acids is 1. The monoisotopic (exact) mass is 466 g/mol. The first kappa shape index (κ1) is 20.9. The van der Waals surface area contributed by atoms with E-state index in [9.17, 15) is 18.0 Å². The van der Waals surface area contributed by atoms with Gasteiger partial charge in [-0.1, -0.05) is 6.92 Å². The SMILES string of the molecule is CC(C(=O)Nc1nc2cc(F)c(F)cc2[nH]1)[C@H]1[C@@H]2C[C@@H](Oc3ccnc4ccc(F)cc34)C[C@@H]21. The number of carbonyl (C=O) groups is 1. The van der Waals surface area contributed by atoms with Crippen LogP contribution in [0, 0.1) is 41.1 Å². The number of halogens is 3. The summed E-state index contributed by atoms with van der Waals surface area (Å²) in [5.41, 5.74) is 1.24. The minimum Gasteiger partial charge on any atom is -0.490 e. The Hall–Kier alpha value is -3.62. The van der Waals surface area contributed by atoms with E-state index >= 15 is 0 Å². The molecule has 0 aliphatic heterocycles. The Morgan fingerprint density at radius 2 is 1.85 bits per heavy atom. The van der Waals surface area contributed by atoms with Crippen molar-refractivity contribution in [1.82, 2.24) is 15.0 Å². The molecule has 1 unspecified atom stereocenters. The predicted molar refractivity (Wildman–Crippen MR) is 120 cm³/mol. The van der Waals surface area contributed by atoms with Gasteiger partial charge in [-0.2, -0.15) is 0 Å². The number of nitrogens with one attached hydrogen (secondary N) is 2. The highest BCUT2D eigenvalue weighted by Gasteiger charge is 2.59. The lowest BCUT2D eigenvalue weighted by Crippen LogP contribution is -2.26. The lowest BCUT2D eigenvalue weighted by Gasteiger charge is -2.20. The maximum Gasteiger partial charge on any atom is 0.229 e. The van der Waals surface area contributed by atoms with Crippen molar-refractivity contribution in [3.05, 3.63) is 60.0 Å². The third-order valence-electron chi connectivity index (χ3n) is 7.18. The number of hydrogen-bond donors (Lipinski definition) is 2. The van der Waals surface area contributed by atoms with Gasteiger partial charge in [0.2, 0.25) is 11.9 Å². The number of aromatic amines is 1. The number of nitrogens with zero attached hydrogens (tertiary/aromatic N) is 2. The second-order valence-corrected chi connectivity index (χ2v) is 9.23. The third kappa shape index (κ3) is 3.55. The number of ether oxygens (including phenoxy) is 1. The molecule has 174 valence electrons. The van der Waals surface area contributed by atoms with E-state index in [1.54, 1.807) is 18.3 Å². The number of pyridine rings is 1. The van der Waals surface area contributed by atoms with E-state index in [1.165, 1.54) is 12.1 Å². The number of rotatable bonds is 5. The third-order valence-corrected chi connectivity index (χ3v) is 7.18. The number of benzene rings is 2. The number of amides is 1. The van der Waals surface area contributed by atoms with Crippen LogP contribution < -0.4 is 10.1 Å². The van der Waals surface area contributed by atoms with Gasteiger partial charge in [0, 0.05) is 29.6 Å². The first-order valence-electron chi connectivity index (χ1n) is 11.2. The van der Waals surface area contributed by atoms with E-state index in [0.717, 1.165) is 25.0 Å². The van der Waals surface area contributed by atoms with Crippen molar-refractivity contribution >= 4 is 33.8 Å². The van der Waals surface area contributed by atoms with E-state index in [2.05, 4.69) is 20.3 Å². The van der Waals surface area contributed by atoms with Crippen LogP contribution in [0.5, 0.6) is 5.75 Å². The number of aromatic nitrogens is 3. The summed E-state index contributed by atoms with van der Waals surface area (Å²) in [6.45, 7) is 1.88. The maximum atomic E-state index is 13.7. The van der Waals surface area contributed by atoms with Gasteiger partial charge in [0.25, 0.3) is 0 Å². The standard InChI is InChI=1S/C25H21F3N4O2/c1-11(24(33)32-25-30-20-9-17(27)18(28)10-21(20)31-25)23-14-7-13(8-15(14)23)34-22-4-5-29-19-3-2-12(26)6-16(19)22/h2-6,9-11,13-15,23H,7-8H2,1H3,(H2,30,31,32,33)/t11?,13-,14-,15+,23+. The fourth-order valence-corrected chi connectivity index (χ4v) is 5.52. The van der Waals surface area contributed by atoms with Gasteiger partial charge in [-0.15, -0.1) is 0 Å². The molecule has 2 aliphatic carbocycles. The quantitative estimate of drug-likeness (QED) is 0.423. The first-order chi connectivity index (χ1) is 16.4. The molecule has 0 saturated heterocycles. The van der Waals surface area contributed by atoms with Crippen LogP contribution in [0.15, 0.2) is 42.6 Å². The summed E-state index contributed by atoms with van der Waals surface area (Å²) in [4.78, 5) is 24.0. The molecule has 2 aromatic heterocycles. The summed E-state index contributed by atoms with van der Waals surface area (Å²) in [6.07, 6.45) is 3.32. The second kappa shape index (κ2) is 7.72. The zero-order valence-electron chi connectivity index (χ0n) is 18.2. The maximum absolute atomic E-state index is 13.7. The van der Waals surface area contributed by atoms with E-state index < -0.39 is 11.6 Å². The van der Waals surface area contributed by atoms with Crippen molar-refractivity contribution in [3.63, 3.8) is 0 Å². The van der Waals surface area contributed by atoms with Gasteiger partial charge in [0.05, 0.1) is 22.7 Å². The van der Waals surface area contributed by atoms with Crippen molar-refractivity contribution in [2.75, 3.05) is 5.32 Å². The molecule has 9 heteroatoms. The fraction of sp³-hybridized carbons (Fsp3) is 0.320. The van der Waals surface area contributed by atoms with E-state index in [0.29, 0.717) is 34.0 Å². The number of H-pyrrole nitrogens is 1. The van der Waals surface area contributed by atoms with Crippen LogP contribution >= 0.6 is 0 Å². The molecule has 2 fully saturated rings. The number of hydrogen-bond acceptors (Lipinski definition) is 4. The predicted octanol–water partition coefficient (Wildman–Crippen LogP) is 5.21. The first-order valence-corrected chi connectivity index (χ1v) is 11.2. The highest BCUT2D eigenvalue weighted by atomic mass is 19.2. The Morgan fingerprint density at radius 3 is 2.65 bits per heavy atom. The smallest absolute Gasteiger partial charge is 0.229 e. The lowest BCUT2D eigenvalue weighted by molar-refractivity contribution is -0.120. The molecule has 2 heterocycles. The van der Waals surface area contributed by atoms with Crippen LogP contribution in [0.4, 0.5) is 19.1 Å². The average Bonchev–Trinajstić information content (AvgIpc) is 3.10. The van der Waals surface area contributed by atoms with Gasteiger partial charge in [-0.25, -0.2) is 18.2 Å². The number of anilines is 1. The highest BCUT2D eigenvalue weighted by Crippen LogP contribution is 2.61. The van der Waals surface area contributed by atoms with Crippen molar-refractivity contribution in [2.45, 2.75) is 25.9 Å². The molecule has 2 N–H and O–H groups in total. The molecule has 5 atom stereocenters. The molecule has 0 bridgehead atoms. The molecule has 0 spiro atoms. The van der Waals surface area contributed by atoms with Crippen LogP contribution in [0.3, 0.4) is 0 Å². The highest BCUT2D eigenvalue weighted by molar-refractivity contribution is 5.93.